The Bertz CT molecular complexity index is 3000. The first-order valence-electron chi connectivity index (χ1n) is 17.4. The number of aromatic nitrogens is 2. The zero-order chi connectivity index (χ0) is 33.5. The number of para-hydroxylation sites is 1. The highest BCUT2D eigenvalue weighted by Crippen LogP contribution is 2.43. The van der Waals surface area contributed by atoms with E-state index in [0.29, 0.717) is 0 Å². The number of benzene rings is 6. The van der Waals surface area contributed by atoms with Crippen molar-refractivity contribution < 1.29 is 4.42 Å². The molecule has 4 heterocycles. The van der Waals surface area contributed by atoms with E-state index in [9.17, 15) is 0 Å². The van der Waals surface area contributed by atoms with Crippen LogP contribution in [0.3, 0.4) is 0 Å². The molecule has 11 rings (SSSR count). The third kappa shape index (κ3) is 4.36. The Morgan fingerprint density at radius 1 is 0.490 bits per heavy atom. The largest absolute Gasteiger partial charge is 0.456 e. The number of rotatable bonds is 3. The number of aliphatic imine (C=N–C) groups is 1. The van der Waals surface area contributed by atoms with Crippen LogP contribution in [-0.2, 0) is 0 Å². The van der Waals surface area contributed by atoms with E-state index in [4.69, 9.17) is 14.4 Å². The van der Waals surface area contributed by atoms with Crippen LogP contribution in [0.25, 0.3) is 76.8 Å². The molecule has 1 aliphatic carbocycles. The molecule has 2 unspecified atom stereocenters. The first-order chi connectivity index (χ1) is 25.3. The minimum absolute atomic E-state index is 0.0154. The predicted octanol–water partition coefficient (Wildman–Crippen LogP) is 11.6. The average Bonchev–Trinajstić information content (AvgIpc) is 3.59. The summed E-state index contributed by atoms with van der Waals surface area (Å²) in [5, 5.41) is 6.89. The van der Waals surface area contributed by atoms with E-state index in [0.717, 1.165) is 71.7 Å². The third-order valence-corrected chi connectivity index (χ3v) is 10.6. The van der Waals surface area contributed by atoms with E-state index in [1.807, 2.05) is 30.6 Å². The van der Waals surface area contributed by atoms with Gasteiger partial charge >= 0.3 is 0 Å². The van der Waals surface area contributed by atoms with Crippen LogP contribution in [0.5, 0.6) is 0 Å². The molecule has 0 radical (unpaired) electrons. The number of hydrogen-bond acceptors (Lipinski definition) is 4. The van der Waals surface area contributed by atoms with Gasteiger partial charge in [-0.25, -0.2) is 0 Å². The minimum Gasteiger partial charge on any atom is -0.456 e. The van der Waals surface area contributed by atoms with Crippen molar-refractivity contribution in [3.05, 3.63) is 181 Å². The maximum atomic E-state index is 6.58. The number of fused-ring (bicyclic) bond motifs is 11. The monoisotopic (exact) mass is 651 g/mol. The van der Waals surface area contributed by atoms with Crippen molar-refractivity contribution in [3.8, 4) is 22.3 Å². The van der Waals surface area contributed by atoms with Crippen LogP contribution in [0, 0.1) is 0 Å². The van der Waals surface area contributed by atoms with Crippen LogP contribution in [0.15, 0.2) is 174 Å². The van der Waals surface area contributed by atoms with Gasteiger partial charge in [0.15, 0.2) is 0 Å². The lowest BCUT2D eigenvalue weighted by Gasteiger charge is -2.30. The van der Waals surface area contributed by atoms with Gasteiger partial charge in [-0.05, 0) is 81.6 Å². The molecule has 0 spiro atoms. The lowest BCUT2D eigenvalue weighted by atomic mass is 9.79. The second-order valence-electron chi connectivity index (χ2n) is 13.5. The summed E-state index contributed by atoms with van der Waals surface area (Å²) in [6.45, 7) is 0. The Kier molecular flexibility index (Phi) is 6.05. The van der Waals surface area contributed by atoms with Crippen LogP contribution in [0.1, 0.15) is 22.6 Å². The fraction of sp³-hybridized carbons (Fsp3) is 0.0426. The molecule has 238 valence electrons. The number of pyridine rings is 2. The minimum atomic E-state index is 0.0154. The topological polar surface area (TPSA) is 51.3 Å². The molecule has 4 heteroatoms. The van der Waals surface area contributed by atoms with E-state index < -0.39 is 0 Å². The fourth-order valence-corrected chi connectivity index (χ4v) is 8.24. The molecule has 2 atom stereocenters. The second-order valence-corrected chi connectivity index (χ2v) is 13.5. The second kappa shape index (κ2) is 10.9. The molecule has 0 fully saturated rings. The molecule has 51 heavy (non-hydrogen) atoms. The summed E-state index contributed by atoms with van der Waals surface area (Å²) < 4.78 is 6.58. The van der Waals surface area contributed by atoms with Gasteiger partial charge in [0.1, 0.15) is 11.2 Å². The molecule has 2 aliphatic rings. The maximum Gasteiger partial charge on any atom is 0.139 e. The van der Waals surface area contributed by atoms with E-state index >= 15 is 0 Å². The first-order valence-corrected chi connectivity index (χ1v) is 17.4. The molecule has 3 aromatic heterocycles. The van der Waals surface area contributed by atoms with Crippen molar-refractivity contribution in [2.45, 2.75) is 12.0 Å². The number of allylic oxidation sites excluding steroid dienone is 2. The van der Waals surface area contributed by atoms with Crippen LogP contribution in [-0.4, -0.2) is 21.7 Å². The molecule has 0 amide bonds. The van der Waals surface area contributed by atoms with Crippen LogP contribution in [0.4, 0.5) is 0 Å². The van der Waals surface area contributed by atoms with Crippen LogP contribution in [0.2, 0.25) is 0 Å². The van der Waals surface area contributed by atoms with Gasteiger partial charge in [0.25, 0.3) is 0 Å². The molecule has 4 nitrogen and oxygen atoms in total. The van der Waals surface area contributed by atoms with E-state index in [1.165, 1.54) is 27.5 Å². The predicted molar refractivity (Wildman–Crippen MR) is 210 cm³/mol. The van der Waals surface area contributed by atoms with Crippen LogP contribution >= 0.6 is 0 Å². The van der Waals surface area contributed by atoms with Crippen molar-refractivity contribution in [3.63, 3.8) is 0 Å². The zero-order valence-electron chi connectivity index (χ0n) is 27.5. The summed E-state index contributed by atoms with van der Waals surface area (Å²) in [6, 6.07) is 45.6. The Hall–Kier alpha value is -6.65. The van der Waals surface area contributed by atoms with Crippen molar-refractivity contribution in [1.29, 1.82) is 0 Å². The summed E-state index contributed by atoms with van der Waals surface area (Å²) >= 11 is 0. The third-order valence-electron chi connectivity index (χ3n) is 10.6. The van der Waals surface area contributed by atoms with Crippen molar-refractivity contribution >= 4 is 60.2 Å². The van der Waals surface area contributed by atoms with Gasteiger partial charge in [0.2, 0.25) is 0 Å². The van der Waals surface area contributed by atoms with Gasteiger partial charge in [0.05, 0.1) is 22.8 Å². The Balaban J connectivity index is 1.00. The zero-order valence-corrected chi connectivity index (χ0v) is 27.5. The number of hydrogen-bond donors (Lipinski definition) is 0. The van der Waals surface area contributed by atoms with Crippen LogP contribution < -0.4 is 0 Å². The molecule has 9 aromatic rings. The van der Waals surface area contributed by atoms with Crippen molar-refractivity contribution in [2.24, 2.45) is 4.99 Å². The van der Waals surface area contributed by atoms with E-state index in [1.54, 1.807) is 0 Å². The van der Waals surface area contributed by atoms with Gasteiger partial charge in [-0.15, -0.1) is 0 Å². The Morgan fingerprint density at radius 2 is 1.25 bits per heavy atom. The molecule has 0 N–H and O–H groups in total. The number of furan rings is 1. The average molecular weight is 652 g/mol. The van der Waals surface area contributed by atoms with E-state index in [2.05, 4.69) is 138 Å². The Morgan fingerprint density at radius 3 is 2.20 bits per heavy atom. The summed E-state index contributed by atoms with van der Waals surface area (Å²) in [7, 11) is 0. The molecule has 0 bridgehead atoms. The van der Waals surface area contributed by atoms with Gasteiger partial charge in [-0.3, -0.25) is 15.0 Å². The lowest BCUT2D eigenvalue weighted by molar-refractivity contribution is 0.641. The van der Waals surface area contributed by atoms with E-state index in [-0.39, 0.29) is 12.0 Å². The maximum absolute atomic E-state index is 6.58. The Labute approximate surface area is 293 Å². The highest BCUT2D eigenvalue weighted by atomic mass is 16.3. The lowest BCUT2D eigenvalue weighted by Crippen LogP contribution is -2.25. The van der Waals surface area contributed by atoms with Crippen molar-refractivity contribution in [1.82, 2.24) is 9.97 Å². The molecular formula is C47H29N3O. The van der Waals surface area contributed by atoms with Gasteiger partial charge in [-0.1, -0.05) is 103 Å². The normalized spacial score (nSPS) is 16.6. The summed E-state index contributed by atoms with van der Waals surface area (Å²) in [6.07, 6.45) is 12.4. The SMILES string of the molecule is C1=CC2N=C(c3cccc(-c4ccc5cc(-c6cc7cccnc7c7ncccc67)ccc5c4)c3)c3ccc4c(oc5ccccc54)c3C2C=C1. The molecular weight excluding hydrogens is 623 g/mol. The summed E-state index contributed by atoms with van der Waals surface area (Å²) in [4.78, 5) is 14.7. The first kappa shape index (κ1) is 28.2. The summed E-state index contributed by atoms with van der Waals surface area (Å²) in [5.74, 6) is 0.132. The van der Waals surface area contributed by atoms with Gasteiger partial charge in [-0.2, -0.15) is 0 Å². The highest BCUT2D eigenvalue weighted by Gasteiger charge is 2.33. The highest BCUT2D eigenvalue weighted by molar-refractivity contribution is 6.19. The molecule has 1 aliphatic heterocycles. The molecule has 0 saturated heterocycles. The van der Waals surface area contributed by atoms with Crippen molar-refractivity contribution in [2.75, 3.05) is 0 Å². The van der Waals surface area contributed by atoms with Gasteiger partial charge < -0.3 is 4.42 Å². The molecule has 6 aromatic carbocycles. The standard InChI is InChI=1S/C47H29N3O/c1-3-14-41-38(12-1)43-39(21-20-37-35-11-2-4-15-42(35)51-47(37)43)44(50-41)33-9-5-8-28(26-33)29-16-17-31-25-32(19-18-30(31)24-29)40-27-34-10-6-22-48-45(34)46-36(40)13-7-23-49-46/h1-27,38,41H. The smallest absolute Gasteiger partial charge is 0.139 e. The van der Waals surface area contributed by atoms with Gasteiger partial charge in [0, 0.05) is 56.5 Å². The number of nitrogens with zero attached hydrogens (tertiary/aromatic N) is 3. The quantitative estimate of drug-likeness (QED) is 0.179. The fourth-order valence-electron chi connectivity index (χ4n) is 8.24. The molecule has 0 saturated carbocycles. The summed E-state index contributed by atoms with van der Waals surface area (Å²) in [5.41, 5.74) is 12.9.